The Labute approximate surface area is 60.2 Å². The average Bonchev–Trinajstić information content (AvgIpc) is 2.10. The van der Waals surface area contributed by atoms with Gasteiger partial charge in [-0.3, -0.25) is 4.98 Å². The van der Waals surface area contributed by atoms with Crippen molar-refractivity contribution in [3.05, 3.63) is 6.07 Å². The van der Waals surface area contributed by atoms with Gasteiger partial charge in [0.15, 0.2) is 5.88 Å². The highest BCUT2D eigenvalue weighted by molar-refractivity contribution is 8.21. The molecule has 0 radical (unpaired) electrons. The molecule has 0 saturated carbocycles. The highest BCUT2D eigenvalue weighted by Gasteiger charge is 2.03. The topological polar surface area (TPSA) is 56.2 Å². The Morgan fingerprint density at radius 1 is 1.56 bits per heavy atom. The third kappa shape index (κ3) is 1.25. The van der Waals surface area contributed by atoms with Crippen LogP contribution in [0.4, 0.5) is 0 Å². The molecule has 0 aliphatic heterocycles. The minimum absolute atomic E-state index is 0.0874. The Kier molecular flexibility index (Phi) is 1.78. The largest absolute Gasteiger partial charge is 0.494 e. The van der Waals surface area contributed by atoms with Crippen LogP contribution in [-0.2, 0) is 0 Å². The maximum atomic E-state index is 8.81. The molecule has 0 aliphatic rings. The van der Waals surface area contributed by atoms with Crippen molar-refractivity contribution in [3.63, 3.8) is 0 Å². The molecule has 1 rings (SSSR count). The lowest BCUT2D eigenvalue weighted by molar-refractivity contribution is 0.421. The maximum Gasteiger partial charge on any atom is 0.206 e. The predicted molar refractivity (Wildman–Crippen MR) is 35.8 cm³/mol. The van der Waals surface area contributed by atoms with Crippen LogP contribution in [0.25, 0.3) is 0 Å². The number of hydrogen-bond acceptors (Lipinski definition) is 3. The highest BCUT2D eigenvalue weighted by Crippen LogP contribution is 2.33. The quantitative estimate of drug-likeness (QED) is 0.594. The zero-order valence-corrected chi connectivity index (χ0v) is 5.83. The Morgan fingerprint density at radius 3 is 2.44 bits per heavy atom. The van der Waals surface area contributed by atoms with Gasteiger partial charge in [-0.1, -0.05) is 0 Å². The number of aromatic nitrogens is 1. The van der Waals surface area contributed by atoms with E-state index in [1.807, 2.05) is 0 Å². The van der Waals surface area contributed by atoms with Gasteiger partial charge in [0.1, 0.15) is 0 Å². The average molecular weight is 166 g/mol. The van der Waals surface area contributed by atoms with Crippen LogP contribution >= 0.6 is 21.7 Å². The number of hydrogen-bond donors (Lipinski definition) is 3. The molecule has 1 aromatic heterocycles. The molecule has 5 heteroatoms. The maximum absolute atomic E-state index is 8.81. The van der Waals surface area contributed by atoms with Crippen molar-refractivity contribution in [3.8, 4) is 11.8 Å². The van der Waals surface area contributed by atoms with E-state index in [2.05, 4.69) is 4.98 Å². The van der Waals surface area contributed by atoms with Gasteiger partial charge in [0.05, 0.1) is 4.90 Å². The van der Waals surface area contributed by atoms with Gasteiger partial charge < -0.3 is 10.2 Å². The van der Waals surface area contributed by atoms with Crippen molar-refractivity contribution in [2.45, 2.75) is 4.90 Å². The van der Waals surface area contributed by atoms with Crippen molar-refractivity contribution in [1.82, 2.24) is 4.98 Å². The first-order valence-corrected chi connectivity index (χ1v) is 3.78. The number of halogens is 1. The Bertz CT molecular complexity index is 212. The monoisotopic (exact) mass is 165 g/mol. The second kappa shape index (κ2) is 2.41. The number of H-pyrrole nitrogens is 1. The van der Waals surface area contributed by atoms with E-state index < -0.39 is 0 Å². The molecule has 0 aromatic carbocycles. The molecule has 0 unspecified atom stereocenters. The lowest BCUT2D eigenvalue weighted by Gasteiger charge is -1.84. The molecule has 0 fully saturated rings. The molecule has 0 bridgehead atoms. The van der Waals surface area contributed by atoms with Crippen molar-refractivity contribution >= 4 is 21.7 Å². The number of aromatic hydroxyl groups is 2. The van der Waals surface area contributed by atoms with E-state index in [4.69, 9.17) is 20.9 Å². The van der Waals surface area contributed by atoms with Gasteiger partial charge in [0.2, 0.25) is 5.88 Å². The van der Waals surface area contributed by atoms with Gasteiger partial charge in [-0.05, 0) is 21.7 Å². The normalized spacial score (nSPS) is 9.89. The molecule has 3 N–H and O–H groups in total. The summed E-state index contributed by atoms with van der Waals surface area (Å²) in [7, 11) is 6.12. The fourth-order valence-corrected chi connectivity index (χ4v) is 1.10. The molecular weight excluding hydrogens is 162 g/mol. The summed E-state index contributed by atoms with van der Waals surface area (Å²) < 4.78 is 0. The summed E-state index contributed by atoms with van der Waals surface area (Å²) in [4.78, 5) is 2.69. The van der Waals surface area contributed by atoms with E-state index >= 15 is 0 Å². The van der Waals surface area contributed by atoms with Crippen LogP contribution in [0, 0.1) is 0 Å². The van der Waals surface area contributed by atoms with Crippen LogP contribution in [0.5, 0.6) is 11.8 Å². The standard InChI is InChI=1S/C4H4ClNO2S/c5-9-2-1-3(7)6-4(2)8/h1,6-8H. The Hall–Kier alpha value is -0.480. The second-order valence-electron chi connectivity index (χ2n) is 1.44. The van der Waals surface area contributed by atoms with Crippen LogP contribution in [0.15, 0.2) is 11.0 Å². The van der Waals surface area contributed by atoms with E-state index in [9.17, 15) is 0 Å². The van der Waals surface area contributed by atoms with Crippen molar-refractivity contribution < 1.29 is 10.2 Å². The van der Waals surface area contributed by atoms with Crippen LogP contribution in [0.2, 0.25) is 0 Å². The van der Waals surface area contributed by atoms with Crippen molar-refractivity contribution in [2.24, 2.45) is 0 Å². The summed E-state index contributed by atoms with van der Waals surface area (Å²) in [5.41, 5.74) is 0. The molecular formula is C4H4ClNO2S. The van der Waals surface area contributed by atoms with Crippen LogP contribution in [0.3, 0.4) is 0 Å². The van der Waals surface area contributed by atoms with Crippen LogP contribution in [-0.4, -0.2) is 15.2 Å². The fraction of sp³-hybridized carbons (Fsp3) is 0. The zero-order valence-electron chi connectivity index (χ0n) is 4.26. The van der Waals surface area contributed by atoms with Crippen LogP contribution < -0.4 is 0 Å². The van der Waals surface area contributed by atoms with Gasteiger partial charge in [0, 0.05) is 6.07 Å². The third-order valence-electron chi connectivity index (χ3n) is 0.831. The highest BCUT2D eigenvalue weighted by atomic mass is 35.7. The summed E-state index contributed by atoms with van der Waals surface area (Å²) in [5, 5.41) is 17.5. The fourth-order valence-electron chi connectivity index (χ4n) is 0.470. The summed E-state index contributed by atoms with van der Waals surface area (Å²) in [5.74, 6) is -0.192. The lowest BCUT2D eigenvalue weighted by atomic mass is 10.6. The van der Waals surface area contributed by atoms with E-state index in [0.29, 0.717) is 4.90 Å². The SMILES string of the molecule is Oc1cc(SCl)c(O)[nH]1. The Balaban J connectivity index is 3.01. The molecule has 3 nitrogen and oxygen atoms in total. The molecule has 0 amide bonds. The van der Waals surface area contributed by atoms with Gasteiger partial charge >= 0.3 is 0 Å². The minimum atomic E-state index is -0.104. The predicted octanol–water partition coefficient (Wildman–Crippen LogP) is 1.67. The first-order valence-electron chi connectivity index (χ1n) is 2.13. The van der Waals surface area contributed by atoms with Gasteiger partial charge in [-0.2, -0.15) is 0 Å². The van der Waals surface area contributed by atoms with Gasteiger partial charge in [-0.15, -0.1) is 0 Å². The van der Waals surface area contributed by atoms with Crippen molar-refractivity contribution in [2.75, 3.05) is 0 Å². The molecule has 0 saturated heterocycles. The van der Waals surface area contributed by atoms with E-state index in [1.165, 1.54) is 6.07 Å². The Morgan fingerprint density at radius 2 is 2.22 bits per heavy atom. The minimum Gasteiger partial charge on any atom is -0.494 e. The molecule has 0 aliphatic carbocycles. The number of rotatable bonds is 1. The lowest BCUT2D eigenvalue weighted by Crippen LogP contribution is -1.60. The van der Waals surface area contributed by atoms with E-state index in [1.54, 1.807) is 0 Å². The summed E-state index contributed by atoms with van der Waals surface area (Å²) >= 11 is 0. The molecule has 1 aromatic rings. The van der Waals surface area contributed by atoms with Gasteiger partial charge in [-0.25, -0.2) is 0 Å². The molecule has 1 heterocycles. The van der Waals surface area contributed by atoms with Gasteiger partial charge in [0.25, 0.3) is 0 Å². The first kappa shape index (κ1) is 6.64. The van der Waals surface area contributed by atoms with Crippen LogP contribution in [0.1, 0.15) is 0 Å². The molecule has 50 valence electrons. The molecule has 0 atom stereocenters. The summed E-state index contributed by atoms with van der Waals surface area (Å²) in [6.45, 7) is 0. The van der Waals surface area contributed by atoms with Crippen molar-refractivity contribution in [1.29, 1.82) is 0 Å². The molecule has 9 heavy (non-hydrogen) atoms. The van der Waals surface area contributed by atoms with E-state index in [0.717, 1.165) is 11.0 Å². The summed E-state index contributed by atoms with van der Waals surface area (Å²) in [6.07, 6.45) is 0. The third-order valence-corrected chi connectivity index (χ3v) is 1.81. The zero-order chi connectivity index (χ0) is 6.85. The summed E-state index contributed by atoms with van der Waals surface area (Å²) in [6, 6.07) is 1.34. The number of nitrogens with one attached hydrogen (secondary N) is 1. The number of aromatic amines is 1. The van der Waals surface area contributed by atoms with E-state index in [-0.39, 0.29) is 11.8 Å². The smallest absolute Gasteiger partial charge is 0.206 e. The first-order chi connectivity index (χ1) is 4.24. The molecule has 0 spiro atoms. The second-order valence-corrected chi connectivity index (χ2v) is 2.50.